The van der Waals surface area contributed by atoms with Crippen molar-refractivity contribution in [1.82, 2.24) is 10.2 Å². The lowest BCUT2D eigenvalue weighted by atomic mass is 9.80. The summed E-state index contributed by atoms with van der Waals surface area (Å²) in [5.74, 6) is 0. The van der Waals surface area contributed by atoms with E-state index in [-0.39, 0.29) is 0 Å². The lowest BCUT2D eigenvalue weighted by Crippen LogP contribution is -2.46. The average molecular weight is 228 g/mol. The van der Waals surface area contributed by atoms with Crippen LogP contribution in [0, 0.1) is 5.41 Å². The second-order valence-corrected chi connectivity index (χ2v) is 5.43. The molecule has 0 radical (unpaired) electrons. The highest BCUT2D eigenvalue weighted by atomic mass is 16.5. The standard InChI is InChI=1S/C13H28N2O/c1-5-15(12(2)10-16-4)11-13(3)6-8-14-9-7-13/h12,14H,5-11H2,1-4H3. The van der Waals surface area contributed by atoms with Crippen LogP contribution in [-0.2, 0) is 4.74 Å². The third-order valence-corrected chi connectivity index (χ3v) is 3.83. The Hall–Kier alpha value is -0.120. The molecule has 3 nitrogen and oxygen atoms in total. The Morgan fingerprint density at radius 3 is 2.50 bits per heavy atom. The highest BCUT2D eigenvalue weighted by Crippen LogP contribution is 2.29. The van der Waals surface area contributed by atoms with E-state index in [1.807, 2.05) is 0 Å². The molecular formula is C13H28N2O. The van der Waals surface area contributed by atoms with E-state index in [1.54, 1.807) is 7.11 Å². The van der Waals surface area contributed by atoms with Gasteiger partial charge in [-0.05, 0) is 44.8 Å². The van der Waals surface area contributed by atoms with Gasteiger partial charge in [-0.15, -0.1) is 0 Å². The van der Waals surface area contributed by atoms with E-state index < -0.39 is 0 Å². The van der Waals surface area contributed by atoms with Crippen LogP contribution in [0.5, 0.6) is 0 Å². The maximum absolute atomic E-state index is 5.25. The second kappa shape index (κ2) is 6.58. The van der Waals surface area contributed by atoms with E-state index in [1.165, 1.54) is 32.5 Å². The molecule has 1 rings (SSSR count). The van der Waals surface area contributed by atoms with Crippen molar-refractivity contribution < 1.29 is 4.74 Å². The summed E-state index contributed by atoms with van der Waals surface area (Å²) in [6.07, 6.45) is 2.59. The van der Waals surface area contributed by atoms with Crippen LogP contribution >= 0.6 is 0 Å². The quantitative estimate of drug-likeness (QED) is 0.749. The number of hydrogen-bond acceptors (Lipinski definition) is 3. The first-order valence-electron chi connectivity index (χ1n) is 6.55. The predicted molar refractivity (Wildman–Crippen MR) is 68.8 cm³/mol. The van der Waals surface area contributed by atoms with E-state index in [0.29, 0.717) is 11.5 Å². The molecule has 0 bridgehead atoms. The van der Waals surface area contributed by atoms with Crippen LogP contribution in [-0.4, -0.2) is 50.8 Å². The van der Waals surface area contributed by atoms with Gasteiger partial charge in [0.25, 0.3) is 0 Å². The fourth-order valence-electron chi connectivity index (χ4n) is 2.60. The molecule has 0 amide bonds. The Kier molecular flexibility index (Phi) is 5.73. The van der Waals surface area contributed by atoms with Gasteiger partial charge in [-0.1, -0.05) is 13.8 Å². The van der Waals surface area contributed by atoms with Crippen LogP contribution in [0.1, 0.15) is 33.6 Å². The lowest BCUT2D eigenvalue weighted by Gasteiger charge is -2.40. The Bertz CT molecular complexity index is 190. The number of likely N-dealkylation sites (N-methyl/N-ethyl adjacent to an activating group) is 1. The first kappa shape index (κ1) is 13.9. The van der Waals surface area contributed by atoms with E-state index >= 15 is 0 Å². The first-order valence-corrected chi connectivity index (χ1v) is 6.55. The molecule has 1 aliphatic rings. The molecule has 1 atom stereocenters. The van der Waals surface area contributed by atoms with Gasteiger partial charge in [0, 0.05) is 19.7 Å². The maximum Gasteiger partial charge on any atom is 0.0615 e. The number of methoxy groups -OCH3 is 1. The smallest absolute Gasteiger partial charge is 0.0615 e. The van der Waals surface area contributed by atoms with Crippen molar-refractivity contribution >= 4 is 0 Å². The molecule has 1 saturated heterocycles. The second-order valence-electron chi connectivity index (χ2n) is 5.43. The summed E-state index contributed by atoms with van der Waals surface area (Å²) in [6.45, 7) is 12.4. The lowest BCUT2D eigenvalue weighted by molar-refractivity contribution is 0.0596. The van der Waals surface area contributed by atoms with Gasteiger partial charge in [0.15, 0.2) is 0 Å². The third-order valence-electron chi connectivity index (χ3n) is 3.83. The maximum atomic E-state index is 5.25. The van der Waals surface area contributed by atoms with Gasteiger partial charge in [-0.2, -0.15) is 0 Å². The minimum Gasteiger partial charge on any atom is -0.383 e. The zero-order valence-corrected chi connectivity index (χ0v) is 11.4. The number of piperidine rings is 1. The van der Waals surface area contributed by atoms with Gasteiger partial charge in [0.2, 0.25) is 0 Å². The zero-order valence-electron chi connectivity index (χ0n) is 11.4. The summed E-state index contributed by atoms with van der Waals surface area (Å²) in [5, 5.41) is 3.44. The largest absolute Gasteiger partial charge is 0.383 e. The van der Waals surface area contributed by atoms with Crippen molar-refractivity contribution in [3.8, 4) is 0 Å². The minimum absolute atomic E-state index is 0.489. The average Bonchev–Trinajstić information content (AvgIpc) is 2.27. The van der Waals surface area contributed by atoms with Gasteiger partial charge in [0.05, 0.1) is 6.61 Å². The van der Waals surface area contributed by atoms with E-state index in [9.17, 15) is 0 Å². The molecule has 0 aliphatic carbocycles. The van der Waals surface area contributed by atoms with Gasteiger partial charge < -0.3 is 10.1 Å². The third kappa shape index (κ3) is 4.04. The molecular weight excluding hydrogens is 200 g/mol. The van der Waals surface area contributed by atoms with Crippen molar-refractivity contribution in [3.63, 3.8) is 0 Å². The summed E-state index contributed by atoms with van der Waals surface area (Å²) in [5.41, 5.74) is 0.489. The zero-order chi connectivity index (χ0) is 12.0. The fourth-order valence-corrected chi connectivity index (χ4v) is 2.60. The number of nitrogens with zero attached hydrogens (tertiary/aromatic N) is 1. The first-order chi connectivity index (χ1) is 7.61. The molecule has 0 aromatic carbocycles. The van der Waals surface area contributed by atoms with E-state index in [4.69, 9.17) is 4.74 Å². The topological polar surface area (TPSA) is 24.5 Å². The molecule has 0 aromatic rings. The fraction of sp³-hybridized carbons (Fsp3) is 1.00. The molecule has 16 heavy (non-hydrogen) atoms. The van der Waals surface area contributed by atoms with Crippen molar-refractivity contribution in [2.24, 2.45) is 5.41 Å². The number of rotatable bonds is 6. The summed E-state index contributed by atoms with van der Waals surface area (Å²) < 4.78 is 5.25. The van der Waals surface area contributed by atoms with E-state index in [0.717, 1.165) is 13.2 Å². The van der Waals surface area contributed by atoms with Crippen LogP contribution < -0.4 is 5.32 Å². The molecule has 0 aromatic heterocycles. The summed E-state index contributed by atoms with van der Waals surface area (Å²) in [7, 11) is 1.79. The van der Waals surface area contributed by atoms with Crippen LogP contribution in [0.15, 0.2) is 0 Å². The van der Waals surface area contributed by atoms with Crippen molar-refractivity contribution in [1.29, 1.82) is 0 Å². The Labute approximate surface area is 101 Å². The minimum atomic E-state index is 0.489. The predicted octanol–water partition coefficient (Wildman–Crippen LogP) is 1.73. The van der Waals surface area contributed by atoms with Crippen LogP contribution in [0.4, 0.5) is 0 Å². The molecule has 1 aliphatic heterocycles. The summed E-state index contributed by atoms with van der Waals surface area (Å²) in [4.78, 5) is 2.55. The van der Waals surface area contributed by atoms with Gasteiger partial charge in [0.1, 0.15) is 0 Å². The number of nitrogens with one attached hydrogen (secondary N) is 1. The monoisotopic (exact) mass is 228 g/mol. The molecule has 1 unspecified atom stereocenters. The molecule has 1 N–H and O–H groups in total. The molecule has 96 valence electrons. The molecule has 0 saturated carbocycles. The Morgan fingerprint density at radius 2 is 2.00 bits per heavy atom. The van der Waals surface area contributed by atoms with Gasteiger partial charge in [-0.3, -0.25) is 4.90 Å². The van der Waals surface area contributed by atoms with Crippen LogP contribution in [0.25, 0.3) is 0 Å². The van der Waals surface area contributed by atoms with Gasteiger partial charge in [-0.25, -0.2) is 0 Å². The molecule has 1 fully saturated rings. The van der Waals surface area contributed by atoms with Crippen molar-refractivity contribution in [2.75, 3.05) is 39.9 Å². The molecule has 0 spiro atoms. The van der Waals surface area contributed by atoms with Crippen molar-refractivity contribution in [3.05, 3.63) is 0 Å². The van der Waals surface area contributed by atoms with Crippen molar-refractivity contribution in [2.45, 2.75) is 39.7 Å². The van der Waals surface area contributed by atoms with Crippen LogP contribution in [0.3, 0.4) is 0 Å². The highest BCUT2D eigenvalue weighted by Gasteiger charge is 2.29. The normalized spacial score (nSPS) is 22.3. The Morgan fingerprint density at radius 1 is 1.38 bits per heavy atom. The number of hydrogen-bond donors (Lipinski definition) is 1. The highest BCUT2D eigenvalue weighted by molar-refractivity contribution is 4.84. The summed E-state index contributed by atoms with van der Waals surface area (Å²) in [6, 6.07) is 0.529. The van der Waals surface area contributed by atoms with Crippen LogP contribution in [0.2, 0.25) is 0 Å². The Balaban J connectivity index is 2.47. The molecule has 1 heterocycles. The SMILES string of the molecule is CCN(CC1(C)CCNCC1)C(C)COC. The van der Waals surface area contributed by atoms with Gasteiger partial charge >= 0.3 is 0 Å². The van der Waals surface area contributed by atoms with E-state index in [2.05, 4.69) is 31.0 Å². The number of ether oxygens (including phenoxy) is 1. The molecule has 3 heteroatoms. The summed E-state index contributed by atoms with van der Waals surface area (Å²) >= 11 is 0.